The van der Waals surface area contributed by atoms with Crippen molar-refractivity contribution in [1.29, 1.82) is 0 Å². The zero-order valence-corrected chi connectivity index (χ0v) is 23.5. The lowest BCUT2D eigenvalue weighted by Gasteiger charge is -2.38. The molecule has 2 atom stereocenters. The smallest absolute Gasteiger partial charge is 0.232 e. The van der Waals surface area contributed by atoms with Crippen molar-refractivity contribution < 1.29 is 0 Å². The molecule has 2 aliphatic heterocycles. The van der Waals surface area contributed by atoms with E-state index in [4.69, 9.17) is 22.2 Å². The van der Waals surface area contributed by atoms with Crippen LogP contribution in [0.2, 0.25) is 0 Å². The Kier molecular flexibility index (Phi) is 8.48. The van der Waals surface area contributed by atoms with Crippen LogP contribution in [0.15, 0.2) is 36.4 Å². The maximum Gasteiger partial charge on any atom is 0.232 e. The van der Waals surface area contributed by atoms with E-state index in [0.717, 1.165) is 44.4 Å². The lowest BCUT2D eigenvalue weighted by atomic mass is 9.69. The second-order valence-electron chi connectivity index (χ2n) is 11.8. The number of hydrogen-bond acceptors (Lipinski definition) is 5. The van der Waals surface area contributed by atoms with Crippen molar-refractivity contribution in [3.63, 3.8) is 0 Å². The highest BCUT2D eigenvalue weighted by Gasteiger charge is 2.34. The number of piperidine rings is 2. The van der Waals surface area contributed by atoms with E-state index in [0.29, 0.717) is 22.9 Å². The van der Waals surface area contributed by atoms with Crippen LogP contribution in [0.1, 0.15) is 77.2 Å². The molecule has 1 aliphatic carbocycles. The van der Waals surface area contributed by atoms with Gasteiger partial charge >= 0.3 is 0 Å². The number of nitrogens with zero attached hydrogens (tertiary/aromatic N) is 4. The van der Waals surface area contributed by atoms with Crippen molar-refractivity contribution in [2.45, 2.75) is 77.0 Å². The van der Waals surface area contributed by atoms with Gasteiger partial charge in [-0.15, -0.1) is 0 Å². The molecule has 3 aliphatic rings. The predicted molar refractivity (Wildman–Crippen MR) is 159 cm³/mol. The minimum Gasteiger partial charge on any atom is -0.361 e. The summed E-state index contributed by atoms with van der Waals surface area (Å²) in [7, 11) is 0. The SMILES string of the molecule is CC1CC(C)CN(c2cc(N3CCCCC3)nc(NC(=S)NCC3(c4ccccc4)CCCCC3)n2)C1. The summed E-state index contributed by atoms with van der Waals surface area (Å²) in [6.45, 7) is 9.74. The molecule has 2 N–H and O–H groups in total. The van der Waals surface area contributed by atoms with Crippen LogP contribution in [-0.2, 0) is 5.41 Å². The normalized spacial score (nSPS) is 23.9. The highest BCUT2D eigenvalue weighted by atomic mass is 32.1. The van der Waals surface area contributed by atoms with E-state index in [1.165, 1.54) is 63.4 Å². The number of aromatic nitrogens is 2. The molecule has 2 aromatic rings. The van der Waals surface area contributed by atoms with Gasteiger partial charge in [-0.05, 0) is 68.1 Å². The van der Waals surface area contributed by atoms with E-state index in [9.17, 15) is 0 Å². The summed E-state index contributed by atoms with van der Waals surface area (Å²) in [5, 5.41) is 7.56. The lowest BCUT2D eigenvalue weighted by molar-refractivity contribution is 0.292. The Morgan fingerprint density at radius 2 is 1.51 bits per heavy atom. The molecular weight excluding hydrogens is 476 g/mol. The Morgan fingerprint density at radius 3 is 2.19 bits per heavy atom. The van der Waals surface area contributed by atoms with Crippen LogP contribution >= 0.6 is 12.2 Å². The summed E-state index contributed by atoms with van der Waals surface area (Å²) < 4.78 is 0. The topological polar surface area (TPSA) is 56.3 Å². The van der Waals surface area contributed by atoms with Crippen molar-refractivity contribution in [2.75, 3.05) is 47.8 Å². The first-order chi connectivity index (χ1) is 18.0. The first-order valence-corrected chi connectivity index (χ1v) is 14.9. The maximum atomic E-state index is 5.81. The van der Waals surface area contributed by atoms with E-state index in [1.807, 2.05) is 0 Å². The third kappa shape index (κ3) is 6.54. The van der Waals surface area contributed by atoms with Gasteiger partial charge < -0.3 is 20.4 Å². The van der Waals surface area contributed by atoms with Gasteiger partial charge in [0, 0.05) is 44.2 Å². The number of thiocarbonyl (C=S) groups is 1. The highest BCUT2D eigenvalue weighted by molar-refractivity contribution is 7.80. The molecule has 1 aromatic heterocycles. The lowest BCUT2D eigenvalue weighted by Crippen LogP contribution is -2.44. The molecule has 6 nitrogen and oxygen atoms in total. The van der Waals surface area contributed by atoms with Crippen LogP contribution in [0.3, 0.4) is 0 Å². The number of nitrogens with one attached hydrogen (secondary N) is 2. The Hall–Kier alpha value is -2.41. The number of benzene rings is 1. The fraction of sp³-hybridized carbons (Fsp3) is 0.633. The van der Waals surface area contributed by atoms with Crippen molar-refractivity contribution in [2.24, 2.45) is 11.8 Å². The van der Waals surface area contributed by atoms with Crippen LogP contribution < -0.4 is 20.4 Å². The Morgan fingerprint density at radius 1 is 0.892 bits per heavy atom. The van der Waals surface area contributed by atoms with Crippen LogP contribution in [0.5, 0.6) is 0 Å². The van der Waals surface area contributed by atoms with Crippen molar-refractivity contribution in [3.8, 4) is 0 Å². The summed E-state index contributed by atoms with van der Waals surface area (Å²) in [6, 6.07) is 13.2. The van der Waals surface area contributed by atoms with Gasteiger partial charge in [0.1, 0.15) is 11.6 Å². The van der Waals surface area contributed by atoms with Crippen LogP contribution in [0, 0.1) is 11.8 Å². The zero-order chi connectivity index (χ0) is 25.7. The molecule has 7 heteroatoms. The summed E-state index contributed by atoms with van der Waals surface area (Å²) in [6.07, 6.45) is 11.3. The zero-order valence-electron chi connectivity index (χ0n) is 22.7. The van der Waals surface area contributed by atoms with E-state index in [2.05, 4.69) is 70.7 Å². The first-order valence-electron chi connectivity index (χ1n) is 14.5. The molecule has 3 fully saturated rings. The summed E-state index contributed by atoms with van der Waals surface area (Å²) in [4.78, 5) is 14.8. The Labute approximate surface area is 228 Å². The maximum absolute atomic E-state index is 5.81. The van der Waals surface area contributed by atoms with Gasteiger partial charge in [0.05, 0.1) is 0 Å². The Balaban J connectivity index is 1.33. The molecule has 0 spiro atoms. The molecule has 0 bridgehead atoms. The van der Waals surface area contributed by atoms with Gasteiger partial charge in [0.15, 0.2) is 5.11 Å². The fourth-order valence-electron chi connectivity index (χ4n) is 6.76. The largest absolute Gasteiger partial charge is 0.361 e. The molecule has 2 saturated heterocycles. The van der Waals surface area contributed by atoms with E-state index < -0.39 is 0 Å². The van der Waals surface area contributed by atoms with Gasteiger partial charge in [-0.1, -0.05) is 63.4 Å². The minimum atomic E-state index is 0.132. The van der Waals surface area contributed by atoms with Crippen molar-refractivity contribution >= 4 is 34.9 Å². The average molecular weight is 521 g/mol. The first kappa shape index (κ1) is 26.2. The highest BCUT2D eigenvalue weighted by Crippen LogP contribution is 2.39. The quantitative estimate of drug-likeness (QED) is 0.444. The number of hydrogen-bond donors (Lipinski definition) is 2. The molecule has 1 saturated carbocycles. The van der Waals surface area contributed by atoms with E-state index in [-0.39, 0.29) is 5.41 Å². The van der Waals surface area contributed by atoms with Crippen LogP contribution in [0.4, 0.5) is 17.6 Å². The molecule has 5 rings (SSSR count). The number of rotatable bonds is 6. The van der Waals surface area contributed by atoms with Gasteiger partial charge in [-0.25, -0.2) is 0 Å². The van der Waals surface area contributed by atoms with Crippen molar-refractivity contribution in [1.82, 2.24) is 15.3 Å². The second kappa shape index (κ2) is 12.0. The standard InChI is InChI=1S/C30H44N6S/c1-23-18-24(2)21-36(20-23)27-19-26(35-16-10-5-11-17-35)32-28(33-27)34-29(37)31-22-30(14-8-4-9-15-30)25-12-6-3-7-13-25/h3,6-7,12-13,19,23-24H,4-5,8-11,14-18,20-22H2,1-2H3,(H2,31,32,33,34,37). The summed E-state index contributed by atoms with van der Waals surface area (Å²) in [5.41, 5.74) is 1.55. The monoisotopic (exact) mass is 520 g/mol. The van der Waals surface area contributed by atoms with Gasteiger partial charge in [-0.3, -0.25) is 0 Å². The molecule has 0 amide bonds. The van der Waals surface area contributed by atoms with E-state index in [1.54, 1.807) is 0 Å². The van der Waals surface area contributed by atoms with E-state index >= 15 is 0 Å². The second-order valence-corrected chi connectivity index (χ2v) is 12.2. The Bertz CT molecular complexity index is 1020. The third-order valence-electron chi connectivity index (χ3n) is 8.58. The molecule has 3 heterocycles. The molecule has 200 valence electrons. The molecular formula is C30H44N6S. The molecule has 37 heavy (non-hydrogen) atoms. The average Bonchev–Trinajstić information content (AvgIpc) is 2.93. The van der Waals surface area contributed by atoms with Crippen LogP contribution in [0.25, 0.3) is 0 Å². The minimum absolute atomic E-state index is 0.132. The summed E-state index contributed by atoms with van der Waals surface area (Å²) in [5.74, 6) is 3.99. The van der Waals surface area contributed by atoms with Gasteiger partial charge in [-0.2, -0.15) is 9.97 Å². The molecule has 0 radical (unpaired) electrons. The van der Waals surface area contributed by atoms with Crippen LogP contribution in [-0.4, -0.2) is 47.8 Å². The van der Waals surface area contributed by atoms with Gasteiger partial charge in [0.25, 0.3) is 0 Å². The predicted octanol–water partition coefficient (Wildman–Crippen LogP) is 6.14. The van der Waals surface area contributed by atoms with Gasteiger partial charge in [0.2, 0.25) is 5.95 Å². The molecule has 2 unspecified atom stereocenters. The summed E-state index contributed by atoms with van der Waals surface area (Å²) >= 11 is 5.81. The fourth-order valence-corrected chi connectivity index (χ4v) is 6.92. The van der Waals surface area contributed by atoms with Crippen molar-refractivity contribution in [3.05, 3.63) is 42.0 Å². The third-order valence-corrected chi connectivity index (χ3v) is 8.83. The number of anilines is 3. The molecule has 1 aromatic carbocycles.